The molecule has 10 aromatic carbocycles. The Bertz CT molecular complexity index is 3370. The van der Waals surface area contributed by atoms with Gasteiger partial charge in [-0.3, -0.25) is 0 Å². The first kappa shape index (κ1) is 39.1. The minimum Gasteiger partial charge on any atom is -0.208 e. The highest BCUT2D eigenvalue weighted by Gasteiger charge is 2.61. The fraction of sp³-hybridized carbons (Fsp3) is 0.0317. The fourth-order valence-corrected chi connectivity index (χ4v) is 11.0. The van der Waals surface area contributed by atoms with Crippen molar-refractivity contribution in [2.75, 3.05) is 0 Å². The molecule has 0 atom stereocenters. The first-order chi connectivity index (χ1) is 32.7. The fourth-order valence-electron chi connectivity index (χ4n) is 11.0. The molecule has 0 N–H and O–H groups in total. The van der Waals surface area contributed by atoms with Gasteiger partial charge in [-0.1, -0.05) is 249 Å². The maximum absolute atomic E-state index is 5.17. The Balaban J connectivity index is 1.16. The third-order valence-electron chi connectivity index (χ3n) is 13.6. The molecule has 0 amide bonds. The molecule has 1 aliphatic rings. The van der Waals surface area contributed by atoms with Crippen molar-refractivity contribution in [3.8, 4) is 56.4 Å². The highest BCUT2D eigenvalue weighted by molar-refractivity contribution is 6.05. The van der Waals surface area contributed by atoms with E-state index in [1.807, 2.05) is 36.4 Å². The van der Waals surface area contributed by atoms with Crippen molar-refractivity contribution in [1.82, 2.24) is 15.0 Å². The van der Waals surface area contributed by atoms with E-state index >= 15 is 0 Å². The average molecular weight is 842 g/mol. The number of aromatic nitrogens is 3. The summed E-state index contributed by atoms with van der Waals surface area (Å²) in [4.78, 5) is 15.3. The predicted octanol–water partition coefficient (Wildman–Crippen LogP) is 15.0. The van der Waals surface area contributed by atoms with Crippen LogP contribution in [0, 0.1) is 0 Å². The van der Waals surface area contributed by atoms with E-state index in [-0.39, 0.29) is 0 Å². The summed E-state index contributed by atoms with van der Waals surface area (Å²) in [5, 5.41) is 2.19. The van der Waals surface area contributed by atoms with Crippen LogP contribution in [0.25, 0.3) is 67.2 Å². The SMILES string of the molecule is c1ccc(-c2nc(-c3ccccc3)nc(-c3ccc(-c4ccc5c(c4)C(c4ccccc4)(c4ccccc4)C(c4ccccc4)(c4ccccc4)c4ccccc4-5)c4ccccc34)n2)cc1. The van der Waals surface area contributed by atoms with Gasteiger partial charge in [0, 0.05) is 16.7 Å². The summed E-state index contributed by atoms with van der Waals surface area (Å²) in [5.41, 5.74) is 13.5. The van der Waals surface area contributed by atoms with E-state index in [2.05, 4.69) is 224 Å². The van der Waals surface area contributed by atoms with E-state index in [0.717, 1.165) is 38.6 Å². The Morgan fingerprint density at radius 1 is 0.227 bits per heavy atom. The van der Waals surface area contributed by atoms with Crippen LogP contribution >= 0.6 is 0 Å². The van der Waals surface area contributed by atoms with Gasteiger partial charge in [-0.15, -0.1) is 0 Å². The van der Waals surface area contributed by atoms with E-state index in [1.54, 1.807) is 0 Å². The molecule has 3 nitrogen and oxygen atoms in total. The molecule has 1 aromatic heterocycles. The van der Waals surface area contributed by atoms with Crippen molar-refractivity contribution in [2.45, 2.75) is 10.8 Å². The molecule has 0 aliphatic heterocycles. The minimum absolute atomic E-state index is 0.634. The third kappa shape index (κ3) is 6.08. The lowest BCUT2D eigenvalue weighted by Crippen LogP contribution is -2.54. The Morgan fingerprint density at radius 3 is 1.08 bits per heavy atom. The maximum Gasteiger partial charge on any atom is 0.164 e. The Morgan fingerprint density at radius 2 is 0.576 bits per heavy atom. The smallest absolute Gasteiger partial charge is 0.164 e. The molecule has 1 aliphatic carbocycles. The lowest BCUT2D eigenvalue weighted by molar-refractivity contribution is 0.415. The standard InChI is InChI=1S/C63H43N3/c1-7-23-44(24-8-1)59-64-60(45-25-9-2-10-26-45)66-61(65-59)56-42-41-51(52-35-19-20-36-53(52)56)46-39-40-55-54-37-21-22-38-57(54)62(47-27-11-3-12-28-47,48-29-13-4-14-30-48)63(58(55)43-46,49-31-15-5-16-32-49)50-33-17-6-18-34-50/h1-43H. The number of benzene rings is 10. The van der Waals surface area contributed by atoms with Crippen LogP contribution < -0.4 is 0 Å². The molecule has 66 heavy (non-hydrogen) atoms. The van der Waals surface area contributed by atoms with E-state index in [0.29, 0.717) is 17.5 Å². The largest absolute Gasteiger partial charge is 0.208 e. The van der Waals surface area contributed by atoms with Gasteiger partial charge in [-0.2, -0.15) is 0 Å². The lowest BCUT2D eigenvalue weighted by atomic mass is 9.43. The van der Waals surface area contributed by atoms with E-state index < -0.39 is 10.8 Å². The zero-order valence-electron chi connectivity index (χ0n) is 36.2. The summed E-state index contributed by atoms with van der Waals surface area (Å²) in [6.07, 6.45) is 0. The molecule has 0 bridgehead atoms. The second-order valence-electron chi connectivity index (χ2n) is 17.0. The van der Waals surface area contributed by atoms with Gasteiger partial charge in [0.25, 0.3) is 0 Å². The van der Waals surface area contributed by atoms with Crippen LogP contribution in [0.1, 0.15) is 33.4 Å². The Labute approximate surface area is 385 Å². The molecule has 0 fully saturated rings. The number of nitrogens with zero attached hydrogens (tertiary/aromatic N) is 3. The van der Waals surface area contributed by atoms with Crippen LogP contribution in [-0.2, 0) is 10.8 Å². The van der Waals surface area contributed by atoms with E-state index in [1.165, 1.54) is 44.5 Å². The zero-order valence-corrected chi connectivity index (χ0v) is 36.2. The summed E-state index contributed by atoms with van der Waals surface area (Å²) >= 11 is 0. The molecule has 0 saturated heterocycles. The maximum atomic E-state index is 5.17. The summed E-state index contributed by atoms with van der Waals surface area (Å²) in [5.74, 6) is 1.91. The quantitative estimate of drug-likeness (QED) is 0.153. The number of rotatable bonds is 8. The van der Waals surface area contributed by atoms with Crippen molar-refractivity contribution in [2.24, 2.45) is 0 Å². The minimum atomic E-state index is -0.750. The van der Waals surface area contributed by atoms with Crippen molar-refractivity contribution in [1.29, 1.82) is 0 Å². The highest BCUT2D eigenvalue weighted by atomic mass is 15.0. The molecule has 1 heterocycles. The molecule has 11 aromatic rings. The van der Waals surface area contributed by atoms with Gasteiger partial charge in [0.2, 0.25) is 0 Å². The second kappa shape index (κ2) is 16.2. The van der Waals surface area contributed by atoms with Crippen LogP contribution in [0.4, 0.5) is 0 Å². The van der Waals surface area contributed by atoms with Crippen LogP contribution in [0.3, 0.4) is 0 Å². The van der Waals surface area contributed by atoms with E-state index in [9.17, 15) is 0 Å². The summed E-state index contributed by atoms with van der Waals surface area (Å²) in [7, 11) is 0. The molecule has 3 heteroatoms. The lowest BCUT2D eigenvalue weighted by Gasteiger charge is -2.57. The van der Waals surface area contributed by atoms with Gasteiger partial charge >= 0.3 is 0 Å². The summed E-state index contributed by atoms with van der Waals surface area (Å²) in [6.45, 7) is 0. The van der Waals surface area contributed by atoms with Gasteiger partial charge in [0.15, 0.2) is 17.5 Å². The van der Waals surface area contributed by atoms with Crippen molar-refractivity contribution in [3.05, 3.63) is 294 Å². The first-order valence-electron chi connectivity index (χ1n) is 22.6. The number of fused-ring (bicyclic) bond motifs is 4. The van der Waals surface area contributed by atoms with Gasteiger partial charge < -0.3 is 0 Å². The number of hydrogen-bond donors (Lipinski definition) is 0. The Kier molecular flexibility index (Phi) is 9.61. The van der Waals surface area contributed by atoms with Crippen LogP contribution in [-0.4, -0.2) is 15.0 Å². The Hall–Kier alpha value is -8.53. The van der Waals surface area contributed by atoms with E-state index in [4.69, 9.17) is 15.0 Å². The van der Waals surface area contributed by atoms with Crippen molar-refractivity contribution >= 4 is 10.8 Å². The van der Waals surface area contributed by atoms with Crippen molar-refractivity contribution < 1.29 is 0 Å². The molecule has 0 saturated carbocycles. The third-order valence-corrected chi connectivity index (χ3v) is 13.6. The second-order valence-corrected chi connectivity index (χ2v) is 17.0. The van der Waals surface area contributed by atoms with Crippen LogP contribution in [0.15, 0.2) is 261 Å². The average Bonchev–Trinajstić information content (AvgIpc) is 3.41. The summed E-state index contributed by atoms with van der Waals surface area (Å²) in [6, 6.07) is 94.6. The molecule has 310 valence electrons. The monoisotopic (exact) mass is 841 g/mol. The highest BCUT2D eigenvalue weighted by Crippen LogP contribution is 2.65. The topological polar surface area (TPSA) is 38.7 Å². The van der Waals surface area contributed by atoms with Crippen molar-refractivity contribution in [3.63, 3.8) is 0 Å². The zero-order chi connectivity index (χ0) is 43.9. The first-order valence-corrected chi connectivity index (χ1v) is 22.6. The molecule has 0 unspecified atom stereocenters. The molecular weight excluding hydrogens is 799 g/mol. The molecule has 0 spiro atoms. The van der Waals surface area contributed by atoms with Crippen LogP contribution in [0.5, 0.6) is 0 Å². The van der Waals surface area contributed by atoms with Gasteiger partial charge in [-0.05, 0) is 78.5 Å². The van der Waals surface area contributed by atoms with Crippen LogP contribution in [0.2, 0.25) is 0 Å². The predicted molar refractivity (Wildman–Crippen MR) is 270 cm³/mol. The molecule has 0 radical (unpaired) electrons. The normalized spacial score (nSPS) is 13.4. The summed E-state index contributed by atoms with van der Waals surface area (Å²) < 4.78 is 0. The molecule has 12 rings (SSSR count). The van der Waals surface area contributed by atoms with Gasteiger partial charge in [0.05, 0.1) is 10.8 Å². The van der Waals surface area contributed by atoms with Gasteiger partial charge in [0.1, 0.15) is 0 Å². The molecular formula is C63H43N3. The van der Waals surface area contributed by atoms with Gasteiger partial charge in [-0.25, -0.2) is 15.0 Å². The number of hydrogen-bond acceptors (Lipinski definition) is 3.